The van der Waals surface area contributed by atoms with E-state index < -0.39 is 5.54 Å². The molecule has 21 heavy (non-hydrogen) atoms. The first kappa shape index (κ1) is 14.8. The molecule has 3 aliphatic rings. The Balaban J connectivity index is 1.93. The molecule has 5 heteroatoms. The number of piperazine rings is 1. The lowest BCUT2D eigenvalue weighted by atomic mass is 9.88. The fourth-order valence-corrected chi connectivity index (χ4v) is 3.76. The zero-order chi connectivity index (χ0) is 15.4. The molecule has 2 heterocycles. The van der Waals surface area contributed by atoms with Crippen LogP contribution < -0.4 is 5.32 Å². The minimum absolute atomic E-state index is 0.0296. The van der Waals surface area contributed by atoms with Gasteiger partial charge in [-0.05, 0) is 44.9 Å². The van der Waals surface area contributed by atoms with Crippen molar-refractivity contribution in [2.24, 2.45) is 11.8 Å². The first-order valence-corrected chi connectivity index (χ1v) is 8.09. The molecule has 118 valence electrons. The minimum Gasteiger partial charge on any atom is -0.376 e. The molecule has 2 saturated heterocycles. The molecule has 0 radical (unpaired) electrons. The highest BCUT2D eigenvalue weighted by Gasteiger charge is 2.53. The van der Waals surface area contributed by atoms with E-state index in [1.807, 2.05) is 18.7 Å². The normalized spacial score (nSPS) is 36.2. The molecular weight excluding hydrogens is 268 g/mol. The van der Waals surface area contributed by atoms with Crippen LogP contribution in [0.3, 0.4) is 0 Å². The van der Waals surface area contributed by atoms with Gasteiger partial charge < -0.3 is 15.0 Å². The van der Waals surface area contributed by atoms with Gasteiger partial charge in [0, 0.05) is 6.61 Å². The van der Waals surface area contributed by atoms with Crippen molar-refractivity contribution in [2.45, 2.75) is 70.7 Å². The molecule has 0 aromatic carbocycles. The summed E-state index contributed by atoms with van der Waals surface area (Å²) in [6, 6.07) is -0.318. The topological polar surface area (TPSA) is 58.6 Å². The Kier molecular flexibility index (Phi) is 3.51. The molecule has 1 N–H and O–H groups in total. The zero-order valence-electron chi connectivity index (χ0n) is 13.4. The van der Waals surface area contributed by atoms with Crippen LogP contribution in [0.1, 0.15) is 47.0 Å². The molecule has 0 spiro atoms. The average Bonchev–Trinajstić information content (AvgIpc) is 3.11. The van der Waals surface area contributed by atoms with E-state index in [2.05, 4.69) is 5.32 Å². The lowest BCUT2D eigenvalue weighted by Crippen LogP contribution is -2.72. The molecule has 1 saturated carbocycles. The average molecular weight is 294 g/mol. The standard InChI is InChI=1S/C16H26N2O3/c1-9(2)12-14(19)17-16(3,4)15(20)18(12)11-7-8-21-13(11)10-5-6-10/h9-13H,5-8H2,1-4H3,(H,17,19). The first-order chi connectivity index (χ1) is 9.83. The first-order valence-electron chi connectivity index (χ1n) is 8.09. The van der Waals surface area contributed by atoms with Gasteiger partial charge in [-0.25, -0.2) is 0 Å². The van der Waals surface area contributed by atoms with Gasteiger partial charge in [0.05, 0.1) is 12.1 Å². The van der Waals surface area contributed by atoms with Gasteiger partial charge in [-0.15, -0.1) is 0 Å². The molecule has 3 unspecified atom stereocenters. The fraction of sp³-hybridized carbons (Fsp3) is 0.875. The van der Waals surface area contributed by atoms with Gasteiger partial charge in [0.15, 0.2) is 0 Å². The summed E-state index contributed by atoms with van der Waals surface area (Å²) in [5.41, 5.74) is -0.820. The number of carbonyl (C=O) groups excluding carboxylic acids is 2. The lowest BCUT2D eigenvalue weighted by molar-refractivity contribution is -0.160. The molecule has 3 rings (SSSR count). The second-order valence-corrected chi connectivity index (χ2v) is 7.54. The Labute approximate surface area is 126 Å². The van der Waals surface area contributed by atoms with E-state index in [9.17, 15) is 9.59 Å². The monoisotopic (exact) mass is 294 g/mol. The van der Waals surface area contributed by atoms with Gasteiger partial charge in [0.25, 0.3) is 0 Å². The van der Waals surface area contributed by atoms with Crippen molar-refractivity contribution in [3.63, 3.8) is 0 Å². The molecule has 2 aliphatic heterocycles. The molecule has 1 aliphatic carbocycles. The Morgan fingerprint density at radius 3 is 2.48 bits per heavy atom. The Hall–Kier alpha value is -1.10. The number of ether oxygens (including phenoxy) is 1. The summed E-state index contributed by atoms with van der Waals surface area (Å²) in [5, 5.41) is 2.88. The van der Waals surface area contributed by atoms with Crippen molar-refractivity contribution in [3.05, 3.63) is 0 Å². The third kappa shape index (κ3) is 2.45. The van der Waals surface area contributed by atoms with Gasteiger partial charge in [0.1, 0.15) is 11.6 Å². The summed E-state index contributed by atoms with van der Waals surface area (Å²) in [5.74, 6) is 0.676. The Morgan fingerprint density at radius 2 is 1.90 bits per heavy atom. The maximum Gasteiger partial charge on any atom is 0.248 e. The van der Waals surface area contributed by atoms with Crippen LogP contribution in [-0.4, -0.2) is 47.0 Å². The molecule has 5 nitrogen and oxygen atoms in total. The van der Waals surface area contributed by atoms with Crippen LogP contribution in [0.25, 0.3) is 0 Å². The summed E-state index contributed by atoms with van der Waals surface area (Å²) >= 11 is 0. The highest BCUT2D eigenvalue weighted by Crippen LogP contribution is 2.42. The van der Waals surface area contributed by atoms with Crippen molar-refractivity contribution in [1.82, 2.24) is 10.2 Å². The summed E-state index contributed by atoms with van der Waals surface area (Å²) in [4.78, 5) is 27.3. The van der Waals surface area contributed by atoms with E-state index in [0.717, 1.165) is 6.42 Å². The molecular formula is C16H26N2O3. The van der Waals surface area contributed by atoms with Crippen LogP contribution in [0.15, 0.2) is 0 Å². The van der Waals surface area contributed by atoms with E-state index in [0.29, 0.717) is 12.5 Å². The van der Waals surface area contributed by atoms with Gasteiger partial charge in [-0.1, -0.05) is 13.8 Å². The Morgan fingerprint density at radius 1 is 1.24 bits per heavy atom. The molecule has 0 aromatic heterocycles. The number of hydrogen-bond donors (Lipinski definition) is 1. The van der Waals surface area contributed by atoms with E-state index >= 15 is 0 Å². The summed E-state index contributed by atoms with van der Waals surface area (Å²) in [7, 11) is 0. The van der Waals surface area contributed by atoms with E-state index in [-0.39, 0.29) is 35.9 Å². The van der Waals surface area contributed by atoms with Crippen LogP contribution in [0.5, 0.6) is 0 Å². The van der Waals surface area contributed by atoms with Crippen molar-refractivity contribution in [3.8, 4) is 0 Å². The lowest BCUT2D eigenvalue weighted by Gasteiger charge is -2.48. The van der Waals surface area contributed by atoms with Crippen molar-refractivity contribution < 1.29 is 14.3 Å². The molecule has 0 aromatic rings. The Bertz CT molecular complexity index is 456. The SMILES string of the molecule is CC(C)C1C(=O)NC(C)(C)C(=O)N1C1CCOC1C1CC1. The smallest absolute Gasteiger partial charge is 0.248 e. The third-order valence-corrected chi connectivity index (χ3v) is 4.95. The van der Waals surface area contributed by atoms with Crippen molar-refractivity contribution >= 4 is 11.8 Å². The van der Waals surface area contributed by atoms with Crippen molar-refractivity contribution in [1.29, 1.82) is 0 Å². The largest absolute Gasteiger partial charge is 0.376 e. The van der Waals surface area contributed by atoms with Gasteiger partial charge in [-0.3, -0.25) is 9.59 Å². The molecule has 2 amide bonds. The number of hydrogen-bond acceptors (Lipinski definition) is 3. The van der Waals surface area contributed by atoms with Gasteiger partial charge in [0.2, 0.25) is 11.8 Å². The van der Waals surface area contributed by atoms with Crippen LogP contribution >= 0.6 is 0 Å². The summed E-state index contributed by atoms with van der Waals surface area (Å²) < 4.78 is 5.90. The predicted molar refractivity (Wildman–Crippen MR) is 78.6 cm³/mol. The highest BCUT2D eigenvalue weighted by atomic mass is 16.5. The highest BCUT2D eigenvalue weighted by molar-refractivity contribution is 5.99. The third-order valence-electron chi connectivity index (χ3n) is 4.95. The summed E-state index contributed by atoms with van der Waals surface area (Å²) in [6.07, 6.45) is 3.34. The van der Waals surface area contributed by atoms with Crippen LogP contribution in [0, 0.1) is 11.8 Å². The van der Waals surface area contributed by atoms with Crippen LogP contribution in [-0.2, 0) is 14.3 Å². The minimum atomic E-state index is -0.820. The van der Waals surface area contributed by atoms with Crippen LogP contribution in [0.4, 0.5) is 0 Å². The van der Waals surface area contributed by atoms with Gasteiger partial charge >= 0.3 is 0 Å². The zero-order valence-corrected chi connectivity index (χ0v) is 13.4. The second kappa shape index (κ2) is 4.97. The van der Waals surface area contributed by atoms with Gasteiger partial charge in [-0.2, -0.15) is 0 Å². The molecule has 3 atom stereocenters. The van der Waals surface area contributed by atoms with Crippen LogP contribution in [0.2, 0.25) is 0 Å². The summed E-state index contributed by atoms with van der Waals surface area (Å²) in [6.45, 7) is 8.29. The second-order valence-electron chi connectivity index (χ2n) is 7.54. The van der Waals surface area contributed by atoms with E-state index in [1.54, 1.807) is 13.8 Å². The molecule has 0 bridgehead atoms. The number of nitrogens with zero attached hydrogens (tertiary/aromatic N) is 1. The maximum absolute atomic E-state index is 12.9. The predicted octanol–water partition coefficient (Wildman–Crippen LogP) is 1.32. The number of amides is 2. The quantitative estimate of drug-likeness (QED) is 0.854. The number of nitrogens with one attached hydrogen (secondary N) is 1. The maximum atomic E-state index is 12.9. The number of rotatable bonds is 3. The van der Waals surface area contributed by atoms with Crippen molar-refractivity contribution in [2.75, 3.05) is 6.61 Å². The van der Waals surface area contributed by atoms with E-state index in [4.69, 9.17) is 4.74 Å². The van der Waals surface area contributed by atoms with E-state index in [1.165, 1.54) is 12.8 Å². The molecule has 3 fully saturated rings. The number of carbonyl (C=O) groups is 2. The fourth-order valence-electron chi connectivity index (χ4n) is 3.76.